The lowest BCUT2D eigenvalue weighted by atomic mass is 10.0. The van der Waals surface area contributed by atoms with Crippen LogP contribution in [0.4, 0.5) is 26.3 Å². The number of carbonyl (C=O) groups excluding carboxylic acids is 1. The molecule has 3 rings (SSSR count). The standard InChI is InChI=1S/C16H13F6N5O/c17-10-6-12(19)11(18)4-8(10)3-9(23)5-14(28)26-1-2-27-13(7-26)24-25-15(27)16(20,21)22/h4,6,23H,1-3,5,7H2. The third-order valence-corrected chi connectivity index (χ3v) is 4.22. The second kappa shape index (κ2) is 7.24. The zero-order valence-corrected chi connectivity index (χ0v) is 14.2. The van der Waals surface area contributed by atoms with Gasteiger partial charge in [-0.2, -0.15) is 13.2 Å². The Bertz CT molecular complexity index is 938. The number of alkyl halides is 3. The smallest absolute Gasteiger partial charge is 0.333 e. The number of nitrogens with zero attached hydrogens (tertiary/aromatic N) is 4. The lowest BCUT2D eigenvalue weighted by Crippen LogP contribution is -2.40. The zero-order chi connectivity index (χ0) is 20.6. The lowest BCUT2D eigenvalue weighted by Gasteiger charge is -2.28. The first-order valence-corrected chi connectivity index (χ1v) is 8.03. The molecule has 2 aromatic rings. The van der Waals surface area contributed by atoms with Gasteiger partial charge in [0.25, 0.3) is 0 Å². The quantitative estimate of drug-likeness (QED) is 0.483. The van der Waals surface area contributed by atoms with Crippen LogP contribution in [0.5, 0.6) is 0 Å². The predicted molar refractivity (Wildman–Crippen MR) is 82.8 cm³/mol. The molecule has 0 spiro atoms. The summed E-state index contributed by atoms with van der Waals surface area (Å²) in [5.41, 5.74) is -0.525. The number of halogens is 6. The molecule has 6 nitrogen and oxygen atoms in total. The maximum Gasteiger partial charge on any atom is 0.451 e. The van der Waals surface area contributed by atoms with Crippen LogP contribution in [0.3, 0.4) is 0 Å². The van der Waals surface area contributed by atoms with E-state index in [1.54, 1.807) is 0 Å². The molecule has 0 atom stereocenters. The molecule has 1 aliphatic rings. The second-order valence-electron chi connectivity index (χ2n) is 6.22. The summed E-state index contributed by atoms with van der Waals surface area (Å²) in [6, 6.07) is 0.973. The minimum atomic E-state index is -4.66. The van der Waals surface area contributed by atoms with Gasteiger partial charge in [-0.05, 0) is 11.6 Å². The van der Waals surface area contributed by atoms with E-state index in [-0.39, 0.29) is 36.7 Å². The molecule has 1 N–H and O–H groups in total. The molecule has 12 heteroatoms. The lowest BCUT2D eigenvalue weighted by molar-refractivity contribution is -0.148. The Labute approximate surface area is 154 Å². The third kappa shape index (κ3) is 3.99. The van der Waals surface area contributed by atoms with Gasteiger partial charge in [-0.15, -0.1) is 10.2 Å². The van der Waals surface area contributed by atoms with E-state index < -0.39 is 48.2 Å². The van der Waals surface area contributed by atoms with Crippen LogP contribution in [-0.2, 0) is 30.5 Å². The normalized spacial score (nSPS) is 14.1. The number of rotatable bonds is 4. The summed E-state index contributed by atoms with van der Waals surface area (Å²) in [6.45, 7) is -0.414. The highest BCUT2D eigenvalue weighted by atomic mass is 19.4. The van der Waals surface area contributed by atoms with Gasteiger partial charge in [-0.1, -0.05) is 0 Å². The first-order valence-electron chi connectivity index (χ1n) is 8.03. The molecule has 0 radical (unpaired) electrons. The molecule has 0 saturated carbocycles. The molecular formula is C16H13F6N5O. The molecule has 1 aromatic carbocycles. The Kier molecular flexibility index (Phi) is 5.13. The number of benzene rings is 1. The molecular weight excluding hydrogens is 392 g/mol. The van der Waals surface area contributed by atoms with E-state index >= 15 is 0 Å². The molecule has 0 unspecified atom stereocenters. The molecule has 28 heavy (non-hydrogen) atoms. The topological polar surface area (TPSA) is 74.9 Å². The molecule has 1 aromatic heterocycles. The zero-order valence-electron chi connectivity index (χ0n) is 14.2. The summed E-state index contributed by atoms with van der Waals surface area (Å²) in [7, 11) is 0. The minimum Gasteiger partial charge on any atom is -0.333 e. The maximum atomic E-state index is 13.6. The maximum absolute atomic E-state index is 13.6. The van der Waals surface area contributed by atoms with E-state index in [4.69, 9.17) is 5.41 Å². The summed E-state index contributed by atoms with van der Waals surface area (Å²) in [5.74, 6) is -5.43. The van der Waals surface area contributed by atoms with Crippen molar-refractivity contribution < 1.29 is 31.1 Å². The van der Waals surface area contributed by atoms with Crippen molar-refractivity contribution >= 4 is 11.6 Å². The highest BCUT2D eigenvalue weighted by molar-refractivity contribution is 6.00. The van der Waals surface area contributed by atoms with Gasteiger partial charge < -0.3 is 14.9 Å². The van der Waals surface area contributed by atoms with Gasteiger partial charge in [0.15, 0.2) is 17.5 Å². The second-order valence-corrected chi connectivity index (χ2v) is 6.22. The van der Waals surface area contributed by atoms with E-state index in [1.807, 2.05) is 0 Å². The fourth-order valence-corrected chi connectivity index (χ4v) is 2.87. The summed E-state index contributed by atoms with van der Waals surface area (Å²) < 4.78 is 79.1. The number of hydrogen-bond acceptors (Lipinski definition) is 4. The Hall–Kier alpha value is -2.92. The van der Waals surface area contributed by atoms with Gasteiger partial charge in [-0.3, -0.25) is 4.79 Å². The summed E-state index contributed by atoms with van der Waals surface area (Å²) >= 11 is 0. The fourth-order valence-electron chi connectivity index (χ4n) is 2.87. The Morgan fingerprint density at radius 1 is 1.07 bits per heavy atom. The number of aromatic nitrogens is 3. The molecule has 0 bridgehead atoms. The predicted octanol–water partition coefficient (Wildman–Crippen LogP) is 2.71. The van der Waals surface area contributed by atoms with E-state index in [0.717, 1.165) is 4.57 Å². The van der Waals surface area contributed by atoms with E-state index in [0.29, 0.717) is 12.1 Å². The summed E-state index contributed by atoms with van der Waals surface area (Å²) in [4.78, 5) is 13.5. The van der Waals surface area contributed by atoms with Crippen molar-refractivity contribution in [2.75, 3.05) is 6.54 Å². The van der Waals surface area contributed by atoms with Crippen molar-refractivity contribution in [2.24, 2.45) is 0 Å². The third-order valence-electron chi connectivity index (χ3n) is 4.22. The van der Waals surface area contributed by atoms with Crippen molar-refractivity contribution in [3.63, 3.8) is 0 Å². The molecule has 0 aliphatic carbocycles. The summed E-state index contributed by atoms with van der Waals surface area (Å²) in [6.07, 6.45) is -5.51. The van der Waals surface area contributed by atoms with Crippen LogP contribution >= 0.6 is 0 Å². The van der Waals surface area contributed by atoms with Crippen LogP contribution < -0.4 is 0 Å². The molecule has 150 valence electrons. The van der Waals surface area contributed by atoms with Gasteiger partial charge in [0.1, 0.15) is 5.82 Å². The first kappa shape index (κ1) is 19.8. The van der Waals surface area contributed by atoms with Crippen LogP contribution in [0, 0.1) is 22.9 Å². The molecule has 1 aliphatic heterocycles. The molecule has 0 saturated heterocycles. The Balaban J connectivity index is 1.64. The van der Waals surface area contributed by atoms with Crippen LogP contribution in [0.15, 0.2) is 12.1 Å². The highest BCUT2D eigenvalue weighted by Gasteiger charge is 2.39. The molecule has 2 heterocycles. The van der Waals surface area contributed by atoms with E-state index in [9.17, 15) is 31.1 Å². The number of nitrogens with one attached hydrogen (secondary N) is 1. The number of fused-ring (bicyclic) bond motifs is 1. The average molecular weight is 405 g/mol. The van der Waals surface area contributed by atoms with E-state index in [1.165, 1.54) is 4.90 Å². The van der Waals surface area contributed by atoms with Crippen molar-refractivity contribution in [3.05, 3.63) is 46.8 Å². The SMILES string of the molecule is N=C(CC(=O)N1CCn2c(nnc2C(F)(F)F)C1)Cc1cc(F)c(F)cc1F. The first-order chi connectivity index (χ1) is 13.1. The van der Waals surface area contributed by atoms with Crippen molar-refractivity contribution in [3.8, 4) is 0 Å². The number of hydrogen-bond donors (Lipinski definition) is 1. The van der Waals surface area contributed by atoms with Gasteiger partial charge in [0.2, 0.25) is 11.7 Å². The van der Waals surface area contributed by atoms with Crippen LogP contribution in [0.2, 0.25) is 0 Å². The highest BCUT2D eigenvalue weighted by Crippen LogP contribution is 2.29. The van der Waals surface area contributed by atoms with Gasteiger partial charge >= 0.3 is 6.18 Å². The molecule has 1 amide bonds. The Morgan fingerprint density at radius 2 is 1.75 bits per heavy atom. The largest absolute Gasteiger partial charge is 0.451 e. The van der Waals surface area contributed by atoms with Crippen molar-refractivity contribution in [1.82, 2.24) is 19.7 Å². The van der Waals surface area contributed by atoms with Crippen LogP contribution in [-0.4, -0.2) is 37.8 Å². The minimum absolute atomic E-state index is 0.0369. The van der Waals surface area contributed by atoms with Crippen LogP contribution in [0.25, 0.3) is 0 Å². The number of carbonyl (C=O) groups is 1. The molecule has 0 fully saturated rings. The van der Waals surface area contributed by atoms with Crippen molar-refractivity contribution in [1.29, 1.82) is 5.41 Å². The number of amides is 1. The van der Waals surface area contributed by atoms with E-state index in [2.05, 4.69) is 10.2 Å². The van der Waals surface area contributed by atoms with Crippen molar-refractivity contribution in [2.45, 2.75) is 32.1 Å². The summed E-state index contributed by atoms with van der Waals surface area (Å²) in [5, 5.41) is 14.4. The Morgan fingerprint density at radius 3 is 2.43 bits per heavy atom. The average Bonchev–Trinajstić information content (AvgIpc) is 3.03. The van der Waals surface area contributed by atoms with Gasteiger partial charge in [-0.25, -0.2) is 13.2 Å². The monoisotopic (exact) mass is 405 g/mol. The fraction of sp³-hybridized carbons (Fsp3) is 0.375. The van der Waals surface area contributed by atoms with Gasteiger partial charge in [0, 0.05) is 31.3 Å². The van der Waals surface area contributed by atoms with Crippen LogP contribution in [0.1, 0.15) is 23.6 Å². The van der Waals surface area contributed by atoms with Gasteiger partial charge in [0.05, 0.1) is 13.0 Å².